The summed E-state index contributed by atoms with van der Waals surface area (Å²) in [6, 6.07) is -9.02. The van der Waals surface area contributed by atoms with Crippen molar-refractivity contribution in [3.05, 3.63) is 0 Å². The number of hydrogen-bond donors (Lipinski definition) is 29. The molecule has 9 fully saturated rings. The number of aliphatic hydroxyl groups is 24. The predicted molar refractivity (Wildman–Crippen MR) is 355 cm³/mol. The lowest BCUT2D eigenvalue weighted by atomic mass is 9.93. The van der Waals surface area contributed by atoms with Crippen LogP contribution in [-0.4, -0.2) is 488 Å². The fourth-order valence-corrected chi connectivity index (χ4v) is 14.8. The number of aliphatic hydroxyl groups excluding tert-OH is 24. The summed E-state index contributed by atoms with van der Waals surface area (Å²) in [6.07, 6.45) is -83.0. The average molecular weight is 1680 g/mol. The Hall–Kier alpha value is -4.29. The Morgan fingerprint density at radius 1 is 0.226 bits per heavy atom. The van der Waals surface area contributed by atoms with Crippen molar-refractivity contribution in [1.82, 2.24) is 26.6 Å². The monoisotopic (exact) mass is 1680 g/mol. The van der Waals surface area contributed by atoms with Gasteiger partial charge in [-0.15, -0.1) is 0 Å². The molecule has 9 rings (SSSR count). The maximum absolute atomic E-state index is 13.0. The van der Waals surface area contributed by atoms with Gasteiger partial charge in [0.1, 0.15) is 219 Å². The first kappa shape index (κ1) is 94.6. The minimum absolute atomic E-state index is 0.791. The molecule has 9 aliphatic heterocycles. The van der Waals surface area contributed by atoms with Crippen molar-refractivity contribution in [2.45, 2.75) is 311 Å². The van der Waals surface area contributed by atoms with Crippen molar-refractivity contribution in [3.8, 4) is 0 Å². The fraction of sp³-hybridized carbons (Fsp3) is 0.922. The minimum Gasteiger partial charge on any atom is -0.394 e. The molecule has 51 heteroatoms. The van der Waals surface area contributed by atoms with E-state index in [9.17, 15) is 147 Å². The second kappa shape index (κ2) is 41.5. The summed E-state index contributed by atoms with van der Waals surface area (Å²) < 4.78 is 101. The molecule has 51 nitrogen and oxygen atoms in total. The van der Waals surface area contributed by atoms with E-state index in [1.807, 2.05) is 0 Å². The van der Waals surface area contributed by atoms with E-state index in [4.69, 9.17) is 80.5 Å². The van der Waals surface area contributed by atoms with Crippen LogP contribution < -0.4 is 26.6 Å². The minimum atomic E-state index is -2.57. The SMILES string of the molecule is CC(=O)N[C@@H]1[C@@H](O)[C@H](O[C@@H]2O[C@H](CO)[C@@H](O[C@@H]3O[C@H](CO[C@H]4O[C@H](CO[C@@H]5O[C@H](CO)[C@@H](O[C@@H]6O[C@H](CO)[C@H](O)[C@H](O)[C@H]6O)[C@H](O)[C@H]5NC(C)=O)[C@@H](O)[C@H](O)[C@@H]4O[C@@H]4O[C@H](CO)[C@@H](O)[C@H](O)[C@H]4NC(C)=O)[C@@H](O)[C@H](O[C@H]4O[C@H](CO)[C@@H](O)[C@H](O)[C@@H]4O[C@@H]4O[C@H](CO)[C@@H](O)[C@H](O)[C@H]4NC(C)=O)[C@@H]3O)[C@H](O)[C@H]2NC(C)=O)[C@@H](CO)O[C@H]1O. The van der Waals surface area contributed by atoms with E-state index in [1.165, 1.54) is 0 Å². The van der Waals surface area contributed by atoms with E-state index in [0.717, 1.165) is 34.6 Å². The van der Waals surface area contributed by atoms with Gasteiger partial charge in [0, 0.05) is 34.6 Å². The number of carbonyl (C=O) groups is 5. The summed E-state index contributed by atoms with van der Waals surface area (Å²) in [5, 5.41) is 280. The number of rotatable bonds is 30. The third-order valence-corrected chi connectivity index (χ3v) is 20.7. The van der Waals surface area contributed by atoms with Crippen LogP contribution in [0.4, 0.5) is 0 Å². The van der Waals surface area contributed by atoms with Crippen LogP contribution in [0.15, 0.2) is 0 Å². The van der Waals surface area contributed by atoms with E-state index in [2.05, 4.69) is 26.6 Å². The van der Waals surface area contributed by atoms with E-state index >= 15 is 0 Å². The molecule has 45 atom stereocenters. The molecule has 0 unspecified atom stereocenters. The number of amides is 5. The molecule has 0 aliphatic carbocycles. The highest BCUT2D eigenvalue weighted by molar-refractivity contribution is 5.75. The largest absolute Gasteiger partial charge is 0.394 e. The third kappa shape index (κ3) is 21.4. The van der Waals surface area contributed by atoms with Crippen molar-refractivity contribution in [3.63, 3.8) is 0 Å². The molecular formula is C64H107N5O46. The maximum atomic E-state index is 13.0. The van der Waals surface area contributed by atoms with Crippen LogP contribution in [0.2, 0.25) is 0 Å². The van der Waals surface area contributed by atoms with Gasteiger partial charge < -0.3 is 230 Å². The zero-order valence-corrected chi connectivity index (χ0v) is 62.1. The van der Waals surface area contributed by atoms with Gasteiger partial charge in [-0.05, 0) is 0 Å². The highest BCUT2D eigenvalue weighted by atomic mass is 16.8. The van der Waals surface area contributed by atoms with Crippen LogP contribution >= 0.6 is 0 Å². The molecule has 0 bridgehead atoms. The summed E-state index contributed by atoms with van der Waals surface area (Å²) in [6.45, 7) is -4.89. The highest BCUT2D eigenvalue weighted by Crippen LogP contribution is 2.40. The Kier molecular flexibility index (Phi) is 34.1. The van der Waals surface area contributed by atoms with Gasteiger partial charge in [0.05, 0.1) is 59.5 Å². The van der Waals surface area contributed by atoms with Crippen molar-refractivity contribution in [2.24, 2.45) is 0 Å². The summed E-state index contributed by atoms with van der Waals surface area (Å²) >= 11 is 0. The van der Waals surface area contributed by atoms with Gasteiger partial charge in [-0.3, -0.25) is 24.0 Å². The van der Waals surface area contributed by atoms with Gasteiger partial charge in [-0.1, -0.05) is 0 Å². The Labute approximate surface area is 651 Å². The lowest BCUT2D eigenvalue weighted by Gasteiger charge is -2.51. The van der Waals surface area contributed by atoms with Crippen molar-refractivity contribution < 1.29 is 227 Å². The van der Waals surface area contributed by atoms with Crippen LogP contribution in [0.25, 0.3) is 0 Å². The molecule has 0 radical (unpaired) electrons. The normalized spacial score (nSPS) is 47.9. The molecule has 0 saturated carbocycles. The Bertz CT molecular complexity index is 3100. The molecule has 9 heterocycles. The van der Waals surface area contributed by atoms with E-state index in [-0.39, 0.29) is 0 Å². The van der Waals surface area contributed by atoms with Crippen molar-refractivity contribution >= 4 is 29.5 Å². The van der Waals surface area contributed by atoms with E-state index < -0.39 is 365 Å². The number of carbonyl (C=O) groups excluding carboxylic acids is 5. The molecular weight excluding hydrogens is 1570 g/mol. The highest BCUT2D eigenvalue weighted by Gasteiger charge is 2.61. The predicted octanol–water partition coefficient (Wildman–Crippen LogP) is -19.9. The standard InChI is InChI=1S/C64H107N5O46/c1-15(77)65-29-42(90)50(24(10-74)101-56(29)98)110-60-33(69-19(5)81)44(92)52(26(12-76)107-60)112-62-49(97)53(113-64-55(46(94)37(85)23(9-73)105-64)115-59-31(67-17(3)79)41(89)35(83)21(7-71)103-59)39(87)28(108-62)14-100-63-54(114-58-30(66-16(2)78)40(88)34(82)20(6-70)102-58)47(95)38(86)27(109-63)13-99-57-32(68-18(4)80)43(91)51(25(11-75)106-57)111-61-48(96)45(93)36(84)22(8-72)104-61/h20-64,70-76,82-98H,6-14H2,1-5H3,(H,65,77)(H,66,78)(H,67,79)(H,68,80)(H,69,81)/t20-,21-,22-,23-,24-,25-,26-,27-,28-,29-,30-,31-,32-,33-,34-,35-,36+,37-,38-,39-,40-,41-,42-,43-,44-,45+,46+,47+,48-,49+,50-,51-,52-,53+,54+,55+,56-,57-,58+,59+,60+,61+,62+,63+,64-/m1/s1. The molecule has 29 N–H and O–H groups in total. The number of nitrogens with one attached hydrogen (secondary N) is 5. The Morgan fingerprint density at radius 3 is 0.913 bits per heavy atom. The van der Waals surface area contributed by atoms with Gasteiger partial charge in [-0.25, -0.2) is 0 Å². The second-order valence-electron chi connectivity index (χ2n) is 28.9. The summed E-state index contributed by atoms with van der Waals surface area (Å²) in [7, 11) is 0. The zero-order chi connectivity index (χ0) is 84.8. The van der Waals surface area contributed by atoms with E-state index in [0.29, 0.717) is 0 Å². The molecule has 0 aromatic rings. The first-order valence-electron chi connectivity index (χ1n) is 36.6. The molecule has 664 valence electrons. The van der Waals surface area contributed by atoms with E-state index in [1.54, 1.807) is 0 Å². The average Bonchev–Trinajstić information content (AvgIpc) is 0.758. The lowest BCUT2D eigenvalue weighted by molar-refractivity contribution is -0.396. The summed E-state index contributed by atoms with van der Waals surface area (Å²) in [5.41, 5.74) is 0. The molecule has 9 saturated heterocycles. The van der Waals surface area contributed by atoms with Gasteiger partial charge >= 0.3 is 0 Å². The van der Waals surface area contributed by atoms with Gasteiger partial charge in [-0.2, -0.15) is 0 Å². The fourth-order valence-electron chi connectivity index (χ4n) is 14.8. The zero-order valence-electron chi connectivity index (χ0n) is 62.1. The van der Waals surface area contributed by atoms with Gasteiger partial charge in [0.2, 0.25) is 29.5 Å². The summed E-state index contributed by atoms with van der Waals surface area (Å²) in [5.74, 6) is -4.41. The van der Waals surface area contributed by atoms with Crippen molar-refractivity contribution in [1.29, 1.82) is 0 Å². The van der Waals surface area contributed by atoms with Gasteiger partial charge in [0.15, 0.2) is 56.6 Å². The Morgan fingerprint density at radius 2 is 0.487 bits per heavy atom. The smallest absolute Gasteiger partial charge is 0.217 e. The third-order valence-electron chi connectivity index (χ3n) is 20.7. The maximum Gasteiger partial charge on any atom is 0.217 e. The number of hydrogen-bond acceptors (Lipinski definition) is 46. The van der Waals surface area contributed by atoms with Crippen LogP contribution in [0, 0.1) is 0 Å². The van der Waals surface area contributed by atoms with Crippen LogP contribution in [0.1, 0.15) is 34.6 Å². The Balaban J connectivity index is 1.08. The van der Waals surface area contributed by atoms with Crippen molar-refractivity contribution in [2.75, 3.05) is 59.5 Å². The first-order chi connectivity index (χ1) is 54.4. The van der Waals surface area contributed by atoms with Crippen LogP contribution in [-0.2, 0) is 104 Å². The first-order valence-corrected chi connectivity index (χ1v) is 36.6. The number of ether oxygens (including phenoxy) is 17. The summed E-state index contributed by atoms with van der Waals surface area (Å²) in [4.78, 5) is 63.2. The topological polar surface area (TPSA) is 788 Å². The molecule has 0 aromatic heterocycles. The quantitative estimate of drug-likeness (QED) is 0.0318. The molecule has 9 aliphatic rings. The molecule has 115 heavy (non-hydrogen) atoms. The van der Waals surface area contributed by atoms with Gasteiger partial charge in [0.25, 0.3) is 0 Å². The molecule has 0 aromatic carbocycles. The second-order valence-corrected chi connectivity index (χ2v) is 28.9. The lowest BCUT2D eigenvalue weighted by Crippen LogP contribution is -2.70. The molecule has 0 spiro atoms. The molecule has 5 amide bonds. The van der Waals surface area contributed by atoms with Crippen LogP contribution in [0.5, 0.6) is 0 Å². The van der Waals surface area contributed by atoms with Crippen LogP contribution in [0.3, 0.4) is 0 Å².